The molecule has 0 radical (unpaired) electrons. The number of ether oxygens (including phenoxy) is 1. The Morgan fingerprint density at radius 2 is 1.93 bits per heavy atom. The Morgan fingerprint density at radius 3 is 2.72 bits per heavy atom. The van der Waals surface area contributed by atoms with Crippen LogP contribution in [0.25, 0.3) is 0 Å². The number of aryl methyl sites for hydroxylation is 2. The molecular weight excluding hydrogens is 370 g/mol. The van der Waals surface area contributed by atoms with Crippen molar-refractivity contribution in [1.82, 2.24) is 24.3 Å². The van der Waals surface area contributed by atoms with Gasteiger partial charge in [-0.05, 0) is 12.8 Å². The molecule has 4 heterocycles. The van der Waals surface area contributed by atoms with Crippen molar-refractivity contribution >= 4 is 11.8 Å². The molecule has 0 N–H and O–H groups in total. The minimum absolute atomic E-state index is 0.150. The first-order chi connectivity index (χ1) is 14.1. The number of carbonyl (C=O) groups is 2. The first kappa shape index (κ1) is 20.3. The third kappa shape index (κ3) is 4.33. The lowest BCUT2D eigenvalue weighted by Gasteiger charge is -2.29. The number of hydrogen-bond donors (Lipinski definition) is 0. The Hall–Kier alpha value is -1.93. The van der Waals surface area contributed by atoms with Crippen LogP contribution in [-0.4, -0.2) is 95.1 Å². The highest BCUT2D eigenvalue weighted by atomic mass is 16.5. The summed E-state index contributed by atoms with van der Waals surface area (Å²) in [6.45, 7) is 10.0. The van der Waals surface area contributed by atoms with Crippen LogP contribution in [0.4, 0.5) is 0 Å². The van der Waals surface area contributed by atoms with Crippen LogP contribution in [0.15, 0.2) is 12.4 Å². The summed E-state index contributed by atoms with van der Waals surface area (Å²) in [5, 5.41) is 0. The third-order valence-corrected chi connectivity index (χ3v) is 6.78. The predicted molar refractivity (Wildman–Crippen MR) is 108 cm³/mol. The highest BCUT2D eigenvalue weighted by Crippen LogP contribution is 2.40. The molecule has 1 spiro atoms. The number of morpholine rings is 1. The van der Waals surface area contributed by atoms with E-state index in [0.717, 1.165) is 71.0 Å². The fraction of sp³-hybridized carbons (Fsp3) is 0.762. The average Bonchev–Trinajstić information content (AvgIpc) is 3.46. The van der Waals surface area contributed by atoms with Crippen LogP contribution in [0.5, 0.6) is 0 Å². The third-order valence-electron chi connectivity index (χ3n) is 6.78. The second-order valence-electron chi connectivity index (χ2n) is 8.48. The second kappa shape index (κ2) is 8.83. The van der Waals surface area contributed by atoms with Crippen LogP contribution in [0.1, 0.15) is 32.0 Å². The number of amides is 2. The molecule has 0 saturated carbocycles. The van der Waals surface area contributed by atoms with Gasteiger partial charge < -0.3 is 19.1 Å². The fourth-order valence-electron chi connectivity index (χ4n) is 4.89. The Kier molecular flexibility index (Phi) is 6.20. The van der Waals surface area contributed by atoms with Gasteiger partial charge in [0.25, 0.3) is 0 Å². The minimum Gasteiger partial charge on any atom is -0.379 e. The van der Waals surface area contributed by atoms with Crippen LogP contribution >= 0.6 is 0 Å². The first-order valence-corrected chi connectivity index (χ1v) is 11.0. The van der Waals surface area contributed by atoms with E-state index >= 15 is 0 Å². The van der Waals surface area contributed by atoms with E-state index in [-0.39, 0.29) is 17.2 Å². The van der Waals surface area contributed by atoms with Gasteiger partial charge in [-0.2, -0.15) is 0 Å². The number of carbonyl (C=O) groups excluding carboxylic acids is 2. The molecule has 29 heavy (non-hydrogen) atoms. The van der Waals surface area contributed by atoms with Crippen LogP contribution in [0.2, 0.25) is 0 Å². The number of nitrogens with zero attached hydrogens (tertiary/aromatic N) is 5. The lowest BCUT2D eigenvalue weighted by molar-refractivity contribution is -0.136. The topological polar surface area (TPSA) is 70.9 Å². The first-order valence-electron chi connectivity index (χ1n) is 11.0. The summed E-state index contributed by atoms with van der Waals surface area (Å²) < 4.78 is 7.45. The summed E-state index contributed by atoms with van der Waals surface area (Å²) in [7, 11) is 0. The molecule has 3 saturated heterocycles. The molecule has 8 nitrogen and oxygen atoms in total. The lowest BCUT2D eigenvalue weighted by Crippen LogP contribution is -2.44. The Balaban J connectivity index is 1.26. The zero-order valence-corrected chi connectivity index (χ0v) is 17.5. The summed E-state index contributed by atoms with van der Waals surface area (Å²) in [4.78, 5) is 36.5. The number of imidazole rings is 1. The Morgan fingerprint density at radius 1 is 1.14 bits per heavy atom. The van der Waals surface area contributed by atoms with Crippen LogP contribution in [0.3, 0.4) is 0 Å². The smallest absolute Gasteiger partial charge is 0.230 e. The summed E-state index contributed by atoms with van der Waals surface area (Å²) in [5.41, 5.74) is -0.343. The summed E-state index contributed by atoms with van der Waals surface area (Å²) >= 11 is 0. The van der Waals surface area contributed by atoms with E-state index in [2.05, 4.69) is 21.4 Å². The number of rotatable bonds is 7. The highest BCUT2D eigenvalue weighted by Gasteiger charge is 2.51. The molecule has 1 aromatic heterocycles. The molecule has 1 aromatic rings. The van der Waals surface area contributed by atoms with E-state index in [0.29, 0.717) is 26.1 Å². The fourth-order valence-corrected chi connectivity index (χ4v) is 4.89. The molecule has 1 unspecified atom stereocenters. The second-order valence-corrected chi connectivity index (χ2v) is 8.48. The van der Waals surface area contributed by atoms with Gasteiger partial charge in [0.1, 0.15) is 5.82 Å². The lowest BCUT2D eigenvalue weighted by atomic mass is 9.85. The summed E-state index contributed by atoms with van der Waals surface area (Å²) in [6.07, 6.45) is 6.73. The Bertz CT molecular complexity index is 730. The van der Waals surface area contributed by atoms with Gasteiger partial charge in [-0.15, -0.1) is 0 Å². The maximum absolute atomic E-state index is 13.1. The molecule has 0 aliphatic carbocycles. The van der Waals surface area contributed by atoms with E-state index < -0.39 is 0 Å². The van der Waals surface area contributed by atoms with E-state index in [1.54, 1.807) is 6.20 Å². The van der Waals surface area contributed by atoms with E-state index in [4.69, 9.17) is 4.74 Å². The number of hydrogen-bond acceptors (Lipinski definition) is 5. The van der Waals surface area contributed by atoms with Crippen molar-refractivity contribution in [2.45, 2.75) is 39.2 Å². The zero-order valence-electron chi connectivity index (χ0n) is 17.5. The molecule has 4 rings (SSSR count). The molecule has 1 atom stereocenters. The van der Waals surface area contributed by atoms with Gasteiger partial charge in [-0.3, -0.25) is 14.5 Å². The number of likely N-dealkylation sites (tertiary alicyclic amines) is 2. The molecular formula is C21H33N5O3. The molecule has 2 amide bonds. The summed E-state index contributed by atoms with van der Waals surface area (Å²) in [5.74, 6) is 1.42. The largest absolute Gasteiger partial charge is 0.379 e. The molecule has 0 aromatic carbocycles. The van der Waals surface area contributed by atoms with Crippen LogP contribution in [-0.2, 0) is 27.3 Å². The standard InChI is InChI=1S/C21H33N5O3/c1-2-18-22-6-10-24(18)7-3-19(27)26-9-5-21(17-26)4-8-25(20(21)28)12-11-23-13-15-29-16-14-23/h6,10H,2-5,7-9,11-17H2,1H3. The zero-order chi connectivity index (χ0) is 20.3. The molecule has 160 valence electrons. The van der Waals surface area contributed by atoms with Crippen LogP contribution < -0.4 is 0 Å². The van der Waals surface area contributed by atoms with Gasteiger partial charge in [0.15, 0.2) is 0 Å². The van der Waals surface area contributed by atoms with Crippen molar-refractivity contribution in [3.63, 3.8) is 0 Å². The quantitative estimate of drug-likeness (QED) is 0.668. The van der Waals surface area contributed by atoms with Crippen molar-refractivity contribution in [2.24, 2.45) is 5.41 Å². The minimum atomic E-state index is -0.343. The average molecular weight is 404 g/mol. The molecule has 8 heteroatoms. The van der Waals surface area contributed by atoms with E-state index in [9.17, 15) is 9.59 Å². The van der Waals surface area contributed by atoms with Crippen molar-refractivity contribution in [1.29, 1.82) is 0 Å². The maximum atomic E-state index is 13.1. The number of aromatic nitrogens is 2. The maximum Gasteiger partial charge on any atom is 0.230 e. The van der Waals surface area contributed by atoms with Crippen molar-refractivity contribution in [2.75, 3.05) is 59.0 Å². The monoisotopic (exact) mass is 403 g/mol. The highest BCUT2D eigenvalue weighted by molar-refractivity contribution is 5.87. The molecule has 0 bridgehead atoms. The Labute approximate surface area is 172 Å². The molecule has 3 fully saturated rings. The van der Waals surface area contributed by atoms with Crippen molar-refractivity contribution in [3.05, 3.63) is 18.2 Å². The van der Waals surface area contributed by atoms with Crippen LogP contribution in [0, 0.1) is 5.41 Å². The van der Waals surface area contributed by atoms with Gasteiger partial charge in [0, 0.05) is 77.6 Å². The van der Waals surface area contributed by atoms with Gasteiger partial charge in [0.05, 0.1) is 18.6 Å². The van der Waals surface area contributed by atoms with Gasteiger partial charge in [-0.1, -0.05) is 6.92 Å². The van der Waals surface area contributed by atoms with E-state index in [1.807, 2.05) is 16.0 Å². The van der Waals surface area contributed by atoms with E-state index in [1.165, 1.54) is 0 Å². The normalized spacial score (nSPS) is 25.5. The van der Waals surface area contributed by atoms with Gasteiger partial charge in [-0.25, -0.2) is 4.98 Å². The molecule has 3 aliphatic heterocycles. The SMILES string of the molecule is CCc1nccn1CCC(=O)N1CCC2(CCN(CCN3CCOCC3)C2=O)C1. The predicted octanol–water partition coefficient (Wildman–Crippen LogP) is 0.619. The molecule has 3 aliphatic rings. The van der Waals surface area contributed by atoms with Gasteiger partial charge in [0.2, 0.25) is 11.8 Å². The van der Waals surface area contributed by atoms with Gasteiger partial charge >= 0.3 is 0 Å². The summed E-state index contributed by atoms with van der Waals surface area (Å²) in [6, 6.07) is 0. The van der Waals surface area contributed by atoms with Crippen molar-refractivity contribution in [3.8, 4) is 0 Å². The van der Waals surface area contributed by atoms with Crippen molar-refractivity contribution < 1.29 is 14.3 Å².